The second-order valence-corrected chi connectivity index (χ2v) is 5.40. The molecule has 4 nitrogen and oxygen atoms in total. The Hall–Kier alpha value is -2.62. The fourth-order valence-corrected chi connectivity index (χ4v) is 2.56. The van der Waals surface area contributed by atoms with E-state index >= 15 is 0 Å². The van der Waals surface area contributed by atoms with E-state index in [0.717, 1.165) is 5.56 Å². The van der Waals surface area contributed by atoms with E-state index in [1.54, 1.807) is 12.1 Å². The number of rotatable bonds is 6. The minimum atomic E-state index is -1.14. The summed E-state index contributed by atoms with van der Waals surface area (Å²) >= 11 is 0. The van der Waals surface area contributed by atoms with Crippen LogP contribution in [0.3, 0.4) is 0 Å². The summed E-state index contributed by atoms with van der Waals surface area (Å²) in [4.78, 5) is 23.6. The molecule has 1 N–H and O–H groups in total. The van der Waals surface area contributed by atoms with Crippen LogP contribution in [0, 0.1) is 0 Å². The molecule has 23 heavy (non-hydrogen) atoms. The summed E-state index contributed by atoms with van der Waals surface area (Å²) in [6.45, 7) is 3.94. The van der Waals surface area contributed by atoms with Crippen LogP contribution in [0.5, 0.6) is 0 Å². The Morgan fingerprint density at radius 1 is 1.00 bits per heavy atom. The minimum Gasteiger partial charge on any atom is -0.478 e. The summed E-state index contributed by atoms with van der Waals surface area (Å²) in [6, 6.07) is 15.9. The van der Waals surface area contributed by atoms with Crippen molar-refractivity contribution in [3.05, 3.63) is 71.3 Å². The van der Waals surface area contributed by atoms with Crippen LogP contribution in [-0.2, 0) is 4.74 Å². The number of benzene rings is 2. The van der Waals surface area contributed by atoms with Crippen molar-refractivity contribution in [3.8, 4) is 0 Å². The first-order valence-electron chi connectivity index (χ1n) is 7.62. The summed E-state index contributed by atoms with van der Waals surface area (Å²) < 4.78 is 5.59. The Morgan fingerprint density at radius 2 is 1.57 bits per heavy atom. The van der Waals surface area contributed by atoms with Gasteiger partial charge < -0.3 is 9.84 Å². The van der Waals surface area contributed by atoms with E-state index in [2.05, 4.69) is 0 Å². The zero-order valence-electron chi connectivity index (χ0n) is 13.2. The van der Waals surface area contributed by atoms with Crippen LogP contribution in [0.25, 0.3) is 0 Å². The predicted octanol–water partition coefficient (Wildman–Crippen LogP) is 4.12. The number of carboxylic acid groups (broad SMARTS) is 1. The van der Waals surface area contributed by atoms with Crippen molar-refractivity contribution < 1.29 is 19.4 Å². The molecule has 0 heterocycles. The normalized spacial score (nSPS) is 13.1. The summed E-state index contributed by atoms with van der Waals surface area (Å²) in [7, 11) is 0. The number of aromatic carboxylic acids is 1. The molecule has 0 aliphatic heterocycles. The fourth-order valence-electron chi connectivity index (χ4n) is 2.56. The molecule has 0 spiro atoms. The highest BCUT2D eigenvalue weighted by atomic mass is 16.5. The smallest absolute Gasteiger partial charge is 0.339 e. The third kappa shape index (κ3) is 3.97. The highest BCUT2D eigenvalue weighted by Gasteiger charge is 2.24. The molecule has 0 fully saturated rings. The Labute approximate surface area is 135 Å². The Kier molecular flexibility index (Phi) is 5.52. The van der Waals surface area contributed by atoms with Crippen LogP contribution in [0.4, 0.5) is 0 Å². The van der Waals surface area contributed by atoms with Gasteiger partial charge in [-0.25, -0.2) is 9.59 Å². The van der Waals surface area contributed by atoms with Gasteiger partial charge in [0.05, 0.1) is 11.1 Å². The van der Waals surface area contributed by atoms with Gasteiger partial charge in [-0.05, 0) is 24.1 Å². The average Bonchev–Trinajstić information content (AvgIpc) is 2.59. The summed E-state index contributed by atoms with van der Waals surface area (Å²) in [5, 5.41) is 9.19. The lowest BCUT2D eigenvalue weighted by atomic mass is 9.93. The van der Waals surface area contributed by atoms with Gasteiger partial charge in [-0.15, -0.1) is 0 Å². The van der Waals surface area contributed by atoms with Gasteiger partial charge in [-0.2, -0.15) is 0 Å². The van der Waals surface area contributed by atoms with Gasteiger partial charge >= 0.3 is 11.9 Å². The maximum Gasteiger partial charge on any atom is 0.339 e. The largest absolute Gasteiger partial charge is 0.478 e. The molecule has 0 saturated carbocycles. The van der Waals surface area contributed by atoms with Gasteiger partial charge in [0.2, 0.25) is 0 Å². The molecule has 0 saturated heterocycles. The zero-order chi connectivity index (χ0) is 16.8. The monoisotopic (exact) mass is 312 g/mol. The van der Waals surface area contributed by atoms with Gasteiger partial charge in [-0.3, -0.25) is 0 Å². The van der Waals surface area contributed by atoms with E-state index in [-0.39, 0.29) is 23.1 Å². The molecular formula is C19H20O4. The van der Waals surface area contributed by atoms with Gasteiger partial charge in [0.25, 0.3) is 0 Å². The molecule has 0 aliphatic rings. The molecule has 0 amide bonds. The molecule has 0 radical (unpaired) electrons. The van der Waals surface area contributed by atoms with Crippen LogP contribution in [0.2, 0.25) is 0 Å². The van der Waals surface area contributed by atoms with Crippen molar-refractivity contribution >= 4 is 11.9 Å². The number of carbonyl (C=O) groups excluding carboxylic acids is 1. The van der Waals surface area contributed by atoms with Crippen molar-refractivity contribution in [2.75, 3.05) is 0 Å². The zero-order valence-corrected chi connectivity index (χ0v) is 13.2. The number of esters is 1. The maximum atomic E-state index is 12.4. The Bertz CT molecular complexity index is 679. The van der Waals surface area contributed by atoms with Crippen LogP contribution in [0.15, 0.2) is 54.6 Å². The first-order valence-corrected chi connectivity index (χ1v) is 7.62. The molecular weight excluding hydrogens is 292 g/mol. The summed E-state index contributed by atoms with van der Waals surface area (Å²) in [5.41, 5.74) is 1.12. The SMILES string of the molecule is CC[C@H](OC(=O)c1ccccc1C(=O)O)[C@H](C)c1ccccc1. The van der Waals surface area contributed by atoms with E-state index in [9.17, 15) is 14.7 Å². The third-order valence-electron chi connectivity index (χ3n) is 3.92. The van der Waals surface area contributed by atoms with E-state index in [0.29, 0.717) is 6.42 Å². The highest BCUT2D eigenvalue weighted by molar-refractivity contribution is 6.02. The van der Waals surface area contributed by atoms with Crippen LogP contribution in [0.1, 0.15) is 52.5 Å². The second kappa shape index (κ2) is 7.58. The topological polar surface area (TPSA) is 63.6 Å². The van der Waals surface area contributed by atoms with Crippen molar-refractivity contribution in [2.24, 2.45) is 0 Å². The number of hydrogen-bond acceptors (Lipinski definition) is 3. The number of hydrogen-bond donors (Lipinski definition) is 1. The van der Waals surface area contributed by atoms with Gasteiger partial charge in [0.1, 0.15) is 6.10 Å². The van der Waals surface area contributed by atoms with Gasteiger partial charge in [0, 0.05) is 5.92 Å². The molecule has 2 aromatic carbocycles. The molecule has 2 rings (SSSR count). The molecule has 0 unspecified atom stereocenters. The van der Waals surface area contributed by atoms with Crippen molar-refractivity contribution in [1.29, 1.82) is 0 Å². The number of carboxylic acids is 1. The first-order chi connectivity index (χ1) is 11.0. The van der Waals surface area contributed by atoms with E-state index in [4.69, 9.17) is 4.74 Å². The van der Waals surface area contributed by atoms with Crippen LogP contribution < -0.4 is 0 Å². The van der Waals surface area contributed by atoms with E-state index < -0.39 is 11.9 Å². The minimum absolute atomic E-state index is 0.0298. The standard InChI is InChI=1S/C19H20O4/c1-3-17(13(2)14-9-5-4-6-10-14)23-19(22)16-12-8-7-11-15(16)18(20)21/h4-13,17H,3H2,1-2H3,(H,20,21)/t13-,17+/m1/s1. The molecule has 0 bridgehead atoms. The average molecular weight is 312 g/mol. The predicted molar refractivity (Wildman–Crippen MR) is 87.8 cm³/mol. The summed E-state index contributed by atoms with van der Waals surface area (Å²) in [5.74, 6) is -1.71. The Balaban J connectivity index is 2.19. The lowest BCUT2D eigenvalue weighted by Gasteiger charge is -2.23. The quantitative estimate of drug-likeness (QED) is 0.815. The molecule has 0 aliphatic carbocycles. The molecule has 2 atom stereocenters. The van der Waals surface area contributed by atoms with E-state index in [1.165, 1.54) is 12.1 Å². The molecule has 2 aromatic rings. The van der Waals surface area contributed by atoms with Gasteiger partial charge in [-0.1, -0.05) is 56.3 Å². The van der Waals surface area contributed by atoms with Crippen molar-refractivity contribution in [3.63, 3.8) is 0 Å². The van der Waals surface area contributed by atoms with Crippen molar-refractivity contribution in [1.82, 2.24) is 0 Å². The lowest BCUT2D eigenvalue weighted by molar-refractivity contribution is 0.0232. The Morgan fingerprint density at radius 3 is 2.13 bits per heavy atom. The second-order valence-electron chi connectivity index (χ2n) is 5.40. The van der Waals surface area contributed by atoms with Crippen molar-refractivity contribution in [2.45, 2.75) is 32.3 Å². The first kappa shape index (κ1) is 16.7. The van der Waals surface area contributed by atoms with Gasteiger partial charge in [0.15, 0.2) is 0 Å². The fraction of sp³-hybridized carbons (Fsp3) is 0.263. The molecule has 120 valence electrons. The summed E-state index contributed by atoms with van der Waals surface area (Å²) in [6.07, 6.45) is 0.337. The number of carbonyl (C=O) groups is 2. The lowest BCUT2D eigenvalue weighted by Crippen LogP contribution is -2.24. The van der Waals surface area contributed by atoms with E-state index in [1.807, 2.05) is 44.2 Å². The maximum absolute atomic E-state index is 12.4. The number of ether oxygens (including phenoxy) is 1. The van der Waals surface area contributed by atoms with Crippen LogP contribution in [-0.4, -0.2) is 23.1 Å². The van der Waals surface area contributed by atoms with Crippen LogP contribution >= 0.6 is 0 Å². The molecule has 0 aromatic heterocycles. The third-order valence-corrected chi connectivity index (χ3v) is 3.92. The molecule has 4 heteroatoms. The highest BCUT2D eigenvalue weighted by Crippen LogP contribution is 2.25.